The molecule has 0 amide bonds. The molecule has 2 rings (SSSR count). The van der Waals surface area contributed by atoms with Gasteiger partial charge in [0.15, 0.2) is 0 Å². The van der Waals surface area contributed by atoms with Crippen LogP contribution < -0.4 is 0 Å². The molecule has 2 aromatic carbocycles. The van der Waals surface area contributed by atoms with Crippen molar-refractivity contribution < 1.29 is 26.2 Å². The molecule has 0 aromatic heterocycles. The molecule has 21 heavy (non-hydrogen) atoms. The van der Waals surface area contributed by atoms with Crippen LogP contribution in [0.15, 0.2) is 48.5 Å². The molecular weight excluding hydrogens is 331 g/mol. The minimum absolute atomic E-state index is 0. The second kappa shape index (κ2) is 11.9. The van der Waals surface area contributed by atoms with E-state index in [1.807, 2.05) is 30.3 Å². The van der Waals surface area contributed by atoms with Crippen molar-refractivity contribution in [2.75, 3.05) is 0 Å². The van der Waals surface area contributed by atoms with Crippen LogP contribution in [-0.4, -0.2) is 0 Å². The van der Waals surface area contributed by atoms with Crippen LogP contribution in [0, 0.1) is 5.92 Å². The van der Waals surface area contributed by atoms with Gasteiger partial charge in [0, 0.05) is 0 Å². The van der Waals surface area contributed by atoms with Crippen LogP contribution in [-0.2, 0) is 39.0 Å². The molecule has 0 radical (unpaired) electrons. The van der Waals surface area contributed by atoms with Gasteiger partial charge < -0.3 is 0 Å². The molecule has 0 atom stereocenters. The summed E-state index contributed by atoms with van der Waals surface area (Å²) < 4.78 is 0. The third kappa shape index (κ3) is 6.31. The van der Waals surface area contributed by atoms with E-state index in [2.05, 4.69) is 45.9 Å². The van der Waals surface area contributed by atoms with Crippen molar-refractivity contribution in [3.63, 3.8) is 0 Å². The molecule has 0 aliphatic rings. The molecule has 0 bridgehead atoms. The van der Waals surface area contributed by atoms with Crippen LogP contribution in [0.2, 0.25) is 0 Å². The smallest absolute Gasteiger partial charge is 0.214 e. The van der Waals surface area contributed by atoms with E-state index in [0.29, 0.717) is 0 Å². The second-order valence-corrected chi connectivity index (χ2v) is 4.92. The molecule has 0 aliphatic heterocycles. The van der Waals surface area contributed by atoms with E-state index in [4.69, 9.17) is 0 Å². The van der Waals surface area contributed by atoms with Crippen LogP contribution in [0.25, 0.3) is 0 Å². The van der Waals surface area contributed by atoms with Crippen LogP contribution in [0.3, 0.4) is 0 Å². The Bertz CT molecular complexity index is 435. The Kier molecular flexibility index (Phi) is 11.5. The molecule has 0 spiro atoms. The van der Waals surface area contributed by atoms with E-state index in [-0.39, 0.29) is 26.2 Å². The monoisotopic (exact) mass is 358 g/mol. The van der Waals surface area contributed by atoms with E-state index in [9.17, 15) is 0 Å². The first-order valence-corrected chi connectivity index (χ1v) is 7.90. The van der Waals surface area contributed by atoms with Gasteiger partial charge in [0.2, 0.25) is 0 Å². The molecule has 1 heteroatoms. The summed E-state index contributed by atoms with van der Waals surface area (Å²) in [6.45, 7) is 9.03. The zero-order chi connectivity index (χ0) is 14.8. The van der Waals surface area contributed by atoms with E-state index < -0.39 is 0 Å². The standard InChI is InChI=1S/C15H23.C5H5.Zr/c1-5-12(6-2)15-11-9-10-13(7-3)14(15)8-4;1-2-4-5-3-1;/h9-11H,5-8H2,1-4H3;1-5H;/q2*-1;+2. The summed E-state index contributed by atoms with van der Waals surface area (Å²) in [5.41, 5.74) is 4.61. The first-order valence-electron chi connectivity index (χ1n) is 7.90. The van der Waals surface area contributed by atoms with Crippen LogP contribution in [0.5, 0.6) is 0 Å². The maximum Gasteiger partial charge on any atom is 2.00 e. The van der Waals surface area contributed by atoms with E-state index in [0.717, 1.165) is 12.8 Å². The van der Waals surface area contributed by atoms with Crippen molar-refractivity contribution in [3.05, 3.63) is 71.1 Å². The molecule has 2 aromatic rings. The Morgan fingerprint density at radius 1 is 0.857 bits per heavy atom. The van der Waals surface area contributed by atoms with Gasteiger partial charge in [-0.1, -0.05) is 53.0 Å². The molecule has 0 fully saturated rings. The van der Waals surface area contributed by atoms with Gasteiger partial charge in [-0.2, -0.15) is 35.7 Å². The zero-order valence-corrected chi connectivity index (χ0v) is 16.4. The van der Waals surface area contributed by atoms with Crippen molar-refractivity contribution in [2.45, 2.75) is 53.4 Å². The average Bonchev–Trinajstić information content (AvgIpc) is 3.07. The Hall–Kier alpha value is -0.677. The number of rotatable bonds is 5. The van der Waals surface area contributed by atoms with Gasteiger partial charge in [-0.3, -0.25) is 0 Å². The Morgan fingerprint density at radius 3 is 1.86 bits per heavy atom. The molecule has 0 nitrogen and oxygen atoms in total. The van der Waals surface area contributed by atoms with Gasteiger partial charge in [0.25, 0.3) is 0 Å². The average molecular weight is 360 g/mol. The molecule has 112 valence electrons. The van der Waals surface area contributed by atoms with E-state index in [1.165, 1.54) is 24.0 Å². The maximum absolute atomic E-state index is 2.29. The maximum atomic E-state index is 2.29. The Labute approximate surface area is 150 Å². The largest absolute Gasteiger partial charge is 2.00 e. The molecule has 0 aliphatic carbocycles. The molecule has 0 saturated carbocycles. The molecule has 0 heterocycles. The normalized spacial score (nSPS) is 9.33. The first-order chi connectivity index (χ1) is 9.78. The van der Waals surface area contributed by atoms with Crippen LogP contribution in [0.1, 0.15) is 57.2 Å². The van der Waals surface area contributed by atoms with Gasteiger partial charge in [-0.05, 0) is 6.42 Å². The van der Waals surface area contributed by atoms with Crippen molar-refractivity contribution in [2.24, 2.45) is 0 Å². The minimum atomic E-state index is 0. The minimum Gasteiger partial charge on any atom is -0.214 e. The fraction of sp³-hybridized carbons (Fsp3) is 0.400. The van der Waals surface area contributed by atoms with Crippen molar-refractivity contribution >= 4 is 0 Å². The van der Waals surface area contributed by atoms with Crippen molar-refractivity contribution in [3.8, 4) is 0 Å². The molecular formula is C20H28Zr. The summed E-state index contributed by atoms with van der Waals surface area (Å²) in [5, 5.41) is 0. The summed E-state index contributed by atoms with van der Waals surface area (Å²) in [6.07, 6.45) is 4.66. The predicted octanol–water partition coefficient (Wildman–Crippen LogP) is 5.96. The number of hydrogen-bond acceptors (Lipinski definition) is 0. The third-order valence-corrected chi connectivity index (χ3v) is 3.80. The van der Waals surface area contributed by atoms with Gasteiger partial charge >= 0.3 is 26.2 Å². The van der Waals surface area contributed by atoms with Crippen molar-refractivity contribution in [1.82, 2.24) is 0 Å². The summed E-state index contributed by atoms with van der Waals surface area (Å²) in [6, 6.07) is 16.8. The summed E-state index contributed by atoms with van der Waals surface area (Å²) in [7, 11) is 0. The van der Waals surface area contributed by atoms with E-state index >= 15 is 0 Å². The first kappa shape index (κ1) is 20.3. The second-order valence-electron chi connectivity index (χ2n) is 4.92. The van der Waals surface area contributed by atoms with Crippen molar-refractivity contribution in [1.29, 1.82) is 0 Å². The topological polar surface area (TPSA) is 0 Å². The summed E-state index contributed by atoms with van der Waals surface area (Å²) in [4.78, 5) is 0. The summed E-state index contributed by atoms with van der Waals surface area (Å²) in [5.74, 6) is 1.60. The van der Waals surface area contributed by atoms with Crippen LogP contribution >= 0.6 is 0 Å². The number of benzene rings is 1. The number of hydrogen-bond donors (Lipinski definition) is 0. The van der Waals surface area contributed by atoms with Gasteiger partial charge in [0.05, 0.1) is 0 Å². The molecule has 0 unspecified atom stereocenters. The molecule has 0 saturated heterocycles. The predicted molar refractivity (Wildman–Crippen MR) is 90.2 cm³/mol. The Morgan fingerprint density at radius 2 is 1.48 bits per heavy atom. The third-order valence-electron chi connectivity index (χ3n) is 3.80. The van der Waals surface area contributed by atoms with Gasteiger partial charge in [-0.15, -0.1) is 17.2 Å². The Balaban J connectivity index is 0.000000562. The van der Waals surface area contributed by atoms with Gasteiger partial charge in [-0.25, -0.2) is 12.1 Å². The van der Waals surface area contributed by atoms with E-state index in [1.54, 1.807) is 11.5 Å². The fourth-order valence-electron chi connectivity index (χ4n) is 2.67. The zero-order valence-electron chi connectivity index (χ0n) is 13.9. The quantitative estimate of drug-likeness (QED) is 0.578. The molecule has 0 N–H and O–H groups in total. The fourth-order valence-corrected chi connectivity index (χ4v) is 2.67. The van der Waals surface area contributed by atoms with Crippen LogP contribution in [0.4, 0.5) is 0 Å². The number of aryl methyl sites for hydroxylation is 1. The summed E-state index contributed by atoms with van der Waals surface area (Å²) >= 11 is 0. The van der Waals surface area contributed by atoms with Gasteiger partial charge in [0.1, 0.15) is 0 Å². The SMILES string of the molecule is CCc1cccc([C-](CC)CC)c1CC.[Zr+2].c1cc[cH-]c1.